The van der Waals surface area contributed by atoms with Crippen LogP contribution in [-0.4, -0.2) is 35.6 Å². The molecule has 0 unspecified atom stereocenters. The molecule has 0 aliphatic rings. The molecule has 1 aromatic carbocycles. The Morgan fingerprint density at radius 1 is 1.32 bits per heavy atom. The van der Waals surface area contributed by atoms with Crippen LogP contribution in [0, 0.1) is 10.1 Å². The Balaban J connectivity index is 2.63. The number of carbonyl (C=O) groups is 2. The molecule has 0 fully saturated rings. The van der Waals surface area contributed by atoms with Gasteiger partial charge in [-0.25, -0.2) is 0 Å². The maximum atomic E-state index is 11.6. The van der Waals surface area contributed by atoms with E-state index in [9.17, 15) is 19.7 Å². The molecule has 0 atom stereocenters. The number of rotatable bonds is 9. The number of carbonyl (C=O) groups excluding carboxylic acids is 2. The molecule has 9 heteroatoms. The largest absolute Gasteiger partial charge is 0.366 e. The molecule has 0 radical (unpaired) electrons. The highest BCUT2D eigenvalue weighted by Gasteiger charge is 2.17. The van der Waals surface area contributed by atoms with Crippen molar-refractivity contribution in [3.8, 4) is 0 Å². The van der Waals surface area contributed by atoms with Gasteiger partial charge in [0.1, 0.15) is 0 Å². The van der Waals surface area contributed by atoms with Crippen molar-refractivity contribution in [2.75, 3.05) is 18.8 Å². The molecule has 8 nitrogen and oxygen atoms in total. The van der Waals surface area contributed by atoms with Gasteiger partial charge in [-0.2, -0.15) is 0 Å². The number of nitrogens with zero attached hydrogens (tertiary/aromatic N) is 1. The zero-order valence-corrected chi connectivity index (χ0v) is 12.7. The number of unbranched alkanes of at least 4 members (excludes halogenated alkanes) is 1. The van der Waals surface area contributed by atoms with E-state index in [4.69, 9.17) is 11.5 Å². The molecule has 0 saturated heterocycles. The molecule has 22 heavy (non-hydrogen) atoms. The van der Waals surface area contributed by atoms with E-state index in [2.05, 4.69) is 5.32 Å². The zero-order valence-electron chi connectivity index (χ0n) is 11.9. The van der Waals surface area contributed by atoms with E-state index in [1.165, 1.54) is 12.1 Å². The molecule has 0 spiro atoms. The summed E-state index contributed by atoms with van der Waals surface area (Å²) in [5.41, 5.74) is 10.3. The Morgan fingerprint density at radius 3 is 2.64 bits per heavy atom. The van der Waals surface area contributed by atoms with Gasteiger partial charge in [0.15, 0.2) is 0 Å². The van der Waals surface area contributed by atoms with Crippen LogP contribution in [0.25, 0.3) is 0 Å². The Labute approximate surface area is 131 Å². The highest BCUT2D eigenvalue weighted by atomic mass is 32.2. The standard InChI is InChI=1S/C13H18N4O4S/c14-5-1-2-6-16-12(18)8-22-11-4-3-9(13(15)19)7-10(11)17(20)21/h3-4,7H,1-2,5-6,8,14H2,(H2,15,19)(H,16,18). The lowest BCUT2D eigenvalue weighted by Gasteiger charge is -2.06. The first kappa shape index (κ1) is 17.9. The van der Waals surface area contributed by atoms with Crippen LogP contribution in [0.1, 0.15) is 23.2 Å². The van der Waals surface area contributed by atoms with E-state index in [-0.39, 0.29) is 22.9 Å². The molecule has 0 heterocycles. The van der Waals surface area contributed by atoms with Crippen molar-refractivity contribution in [1.82, 2.24) is 5.32 Å². The summed E-state index contributed by atoms with van der Waals surface area (Å²) >= 11 is 1.04. The monoisotopic (exact) mass is 326 g/mol. The van der Waals surface area contributed by atoms with Gasteiger partial charge in [-0.05, 0) is 31.5 Å². The summed E-state index contributed by atoms with van der Waals surface area (Å²) in [5, 5.41) is 13.7. The summed E-state index contributed by atoms with van der Waals surface area (Å²) in [6.07, 6.45) is 1.62. The van der Waals surface area contributed by atoms with Gasteiger partial charge in [0.2, 0.25) is 11.8 Å². The van der Waals surface area contributed by atoms with E-state index in [1.54, 1.807) is 0 Å². The Bertz CT molecular complexity index is 565. The van der Waals surface area contributed by atoms with Crippen LogP contribution >= 0.6 is 11.8 Å². The molecule has 0 saturated carbocycles. The minimum atomic E-state index is -0.739. The average Bonchev–Trinajstić information content (AvgIpc) is 2.49. The van der Waals surface area contributed by atoms with E-state index in [0.717, 1.165) is 30.7 Å². The number of benzene rings is 1. The minimum Gasteiger partial charge on any atom is -0.366 e. The molecule has 1 aromatic rings. The quantitative estimate of drug-likeness (QED) is 0.263. The van der Waals surface area contributed by atoms with Gasteiger partial charge < -0.3 is 16.8 Å². The minimum absolute atomic E-state index is 0.0549. The van der Waals surface area contributed by atoms with E-state index >= 15 is 0 Å². The lowest BCUT2D eigenvalue weighted by molar-refractivity contribution is -0.387. The molecular weight excluding hydrogens is 308 g/mol. The highest BCUT2D eigenvalue weighted by Crippen LogP contribution is 2.29. The lowest BCUT2D eigenvalue weighted by atomic mass is 10.2. The van der Waals surface area contributed by atoms with Crippen molar-refractivity contribution in [2.45, 2.75) is 17.7 Å². The van der Waals surface area contributed by atoms with Crippen molar-refractivity contribution < 1.29 is 14.5 Å². The first-order valence-electron chi connectivity index (χ1n) is 6.63. The summed E-state index contributed by atoms with van der Waals surface area (Å²) in [6.45, 7) is 1.10. The number of nitro groups is 1. The van der Waals surface area contributed by atoms with Crippen molar-refractivity contribution >= 4 is 29.3 Å². The lowest BCUT2D eigenvalue weighted by Crippen LogP contribution is -2.26. The normalized spacial score (nSPS) is 10.2. The molecule has 0 aliphatic heterocycles. The molecule has 1 rings (SSSR count). The fourth-order valence-corrected chi connectivity index (χ4v) is 2.46. The summed E-state index contributed by atoms with van der Waals surface area (Å²) < 4.78 is 0. The van der Waals surface area contributed by atoms with E-state index in [0.29, 0.717) is 18.0 Å². The highest BCUT2D eigenvalue weighted by molar-refractivity contribution is 8.00. The second kappa shape index (κ2) is 9.00. The van der Waals surface area contributed by atoms with Crippen molar-refractivity contribution in [2.24, 2.45) is 11.5 Å². The van der Waals surface area contributed by atoms with Gasteiger partial charge in [-0.3, -0.25) is 19.7 Å². The fraction of sp³-hybridized carbons (Fsp3) is 0.385. The van der Waals surface area contributed by atoms with Gasteiger partial charge in [-0.1, -0.05) is 0 Å². The number of amides is 2. The molecule has 0 aromatic heterocycles. The van der Waals surface area contributed by atoms with Crippen molar-refractivity contribution in [1.29, 1.82) is 0 Å². The van der Waals surface area contributed by atoms with Crippen molar-refractivity contribution in [3.63, 3.8) is 0 Å². The number of nitrogens with one attached hydrogen (secondary N) is 1. The predicted molar refractivity (Wildman–Crippen MR) is 83.6 cm³/mol. The summed E-state index contributed by atoms with van der Waals surface area (Å²) in [7, 11) is 0. The van der Waals surface area contributed by atoms with Crippen LogP contribution in [0.15, 0.2) is 23.1 Å². The maximum Gasteiger partial charge on any atom is 0.283 e. The Kier molecular flexibility index (Phi) is 7.33. The smallest absolute Gasteiger partial charge is 0.283 e. The summed E-state index contributed by atoms with van der Waals surface area (Å²) in [6, 6.07) is 3.94. The van der Waals surface area contributed by atoms with Gasteiger partial charge in [-0.15, -0.1) is 11.8 Å². The van der Waals surface area contributed by atoms with Gasteiger partial charge in [0.25, 0.3) is 5.69 Å². The molecule has 120 valence electrons. The van der Waals surface area contributed by atoms with Crippen LogP contribution in [-0.2, 0) is 4.79 Å². The number of hydrogen-bond acceptors (Lipinski definition) is 6. The van der Waals surface area contributed by atoms with Crippen LogP contribution in [0.4, 0.5) is 5.69 Å². The van der Waals surface area contributed by atoms with Gasteiger partial charge in [0, 0.05) is 18.2 Å². The van der Waals surface area contributed by atoms with Crippen LogP contribution in [0.2, 0.25) is 0 Å². The topological polar surface area (TPSA) is 141 Å². The third kappa shape index (κ3) is 5.70. The predicted octanol–water partition coefficient (Wildman–Crippen LogP) is 0.641. The zero-order chi connectivity index (χ0) is 16.5. The van der Waals surface area contributed by atoms with E-state index < -0.39 is 10.8 Å². The summed E-state index contributed by atoms with van der Waals surface area (Å²) in [4.78, 5) is 33.4. The fourth-order valence-electron chi connectivity index (χ4n) is 1.63. The van der Waals surface area contributed by atoms with Gasteiger partial charge >= 0.3 is 0 Å². The van der Waals surface area contributed by atoms with Crippen molar-refractivity contribution in [3.05, 3.63) is 33.9 Å². The molecular formula is C13H18N4O4S. The SMILES string of the molecule is NCCCCNC(=O)CSc1ccc(C(N)=O)cc1[N+](=O)[O-]. The van der Waals surface area contributed by atoms with Crippen LogP contribution in [0.3, 0.4) is 0 Å². The summed E-state index contributed by atoms with van der Waals surface area (Å²) in [5.74, 6) is -0.896. The molecule has 5 N–H and O–H groups in total. The first-order chi connectivity index (χ1) is 10.5. The second-order valence-corrected chi connectivity index (χ2v) is 5.46. The molecule has 0 aliphatic carbocycles. The average molecular weight is 326 g/mol. The molecule has 0 bridgehead atoms. The third-order valence-electron chi connectivity index (χ3n) is 2.75. The molecule has 2 amide bonds. The second-order valence-electron chi connectivity index (χ2n) is 4.44. The third-order valence-corrected chi connectivity index (χ3v) is 3.81. The number of thioether (sulfide) groups is 1. The number of nitro benzene ring substituents is 1. The Morgan fingerprint density at radius 2 is 2.05 bits per heavy atom. The first-order valence-corrected chi connectivity index (χ1v) is 7.62. The van der Waals surface area contributed by atoms with Crippen LogP contribution in [0.5, 0.6) is 0 Å². The number of primary amides is 1. The van der Waals surface area contributed by atoms with Gasteiger partial charge in [0.05, 0.1) is 15.6 Å². The number of nitrogens with two attached hydrogens (primary N) is 2. The Hall–Kier alpha value is -2.13. The number of hydrogen-bond donors (Lipinski definition) is 3. The van der Waals surface area contributed by atoms with Crippen LogP contribution < -0.4 is 16.8 Å². The van der Waals surface area contributed by atoms with E-state index in [1.807, 2.05) is 0 Å². The maximum absolute atomic E-state index is 11.6.